The summed E-state index contributed by atoms with van der Waals surface area (Å²) in [5, 5.41) is 7.24. The van der Waals surface area contributed by atoms with Gasteiger partial charge < -0.3 is 5.32 Å². The van der Waals surface area contributed by atoms with Crippen LogP contribution in [0, 0.1) is 0 Å². The van der Waals surface area contributed by atoms with Crippen molar-refractivity contribution in [2.24, 2.45) is 7.05 Å². The van der Waals surface area contributed by atoms with Gasteiger partial charge in [0.15, 0.2) is 5.78 Å². The fraction of sp³-hybridized carbons (Fsp3) is 0.368. The molecular weight excluding hydrogens is 318 g/mol. The van der Waals surface area contributed by atoms with E-state index < -0.39 is 0 Å². The fourth-order valence-electron chi connectivity index (χ4n) is 3.10. The first-order chi connectivity index (χ1) is 12.0. The van der Waals surface area contributed by atoms with E-state index in [9.17, 15) is 14.4 Å². The largest absolute Gasteiger partial charge is 0.353 e. The molecule has 0 spiro atoms. The summed E-state index contributed by atoms with van der Waals surface area (Å²) < 4.78 is 1.34. The molecule has 1 atom stereocenters. The summed E-state index contributed by atoms with van der Waals surface area (Å²) in [6.45, 7) is 0. The Morgan fingerprint density at radius 1 is 1.24 bits per heavy atom. The lowest BCUT2D eigenvalue weighted by molar-refractivity contribution is -0.121. The van der Waals surface area contributed by atoms with Crippen molar-refractivity contribution in [1.29, 1.82) is 0 Å². The van der Waals surface area contributed by atoms with Crippen molar-refractivity contribution in [2.45, 2.75) is 38.1 Å². The molecule has 1 amide bonds. The van der Waals surface area contributed by atoms with Crippen LogP contribution in [-0.2, 0) is 24.7 Å². The predicted octanol–water partition coefficient (Wildman–Crippen LogP) is 1.42. The fourth-order valence-corrected chi connectivity index (χ4v) is 3.10. The van der Waals surface area contributed by atoms with Gasteiger partial charge in [-0.2, -0.15) is 5.10 Å². The molecule has 6 heteroatoms. The first kappa shape index (κ1) is 17.1. The van der Waals surface area contributed by atoms with Gasteiger partial charge in [-0.15, -0.1) is 0 Å². The molecule has 1 heterocycles. The molecule has 0 radical (unpaired) electrons. The molecule has 25 heavy (non-hydrogen) atoms. The number of carbonyl (C=O) groups excluding carboxylic acids is 2. The van der Waals surface area contributed by atoms with Crippen molar-refractivity contribution in [3.63, 3.8) is 0 Å². The van der Waals surface area contributed by atoms with E-state index in [2.05, 4.69) is 10.4 Å². The molecule has 0 bridgehead atoms. The number of ketones is 1. The van der Waals surface area contributed by atoms with Gasteiger partial charge in [0.1, 0.15) is 0 Å². The maximum Gasteiger partial charge on any atom is 0.266 e. The Bertz CT molecular complexity index is 843. The second kappa shape index (κ2) is 7.42. The second-order valence-electron chi connectivity index (χ2n) is 6.37. The number of aryl methyl sites for hydroxylation is 2. The van der Waals surface area contributed by atoms with Crippen molar-refractivity contribution in [1.82, 2.24) is 15.1 Å². The number of rotatable bonds is 5. The molecule has 6 nitrogen and oxygen atoms in total. The Morgan fingerprint density at radius 2 is 2.00 bits per heavy atom. The molecule has 3 rings (SSSR count). The van der Waals surface area contributed by atoms with Gasteiger partial charge in [-0.05, 0) is 24.8 Å². The van der Waals surface area contributed by atoms with Gasteiger partial charge in [0, 0.05) is 37.6 Å². The summed E-state index contributed by atoms with van der Waals surface area (Å²) in [4.78, 5) is 35.9. The molecular formula is C19H21N3O3. The highest BCUT2D eigenvalue weighted by atomic mass is 16.2. The van der Waals surface area contributed by atoms with Crippen LogP contribution >= 0.6 is 0 Å². The highest BCUT2D eigenvalue weighted by molar-refractivity contribution is 5.97. The Hall–Kier alpha value is -2.76. The average molecular weight is 339 g/mol. The Balaban J connectivity index is 1.53. The van der Waals surface area contributed by atoms with Crippen LogP contribution in [0.15, 0.2) is 41.2 Å². The average Bonchev–Trinajstić information content (AvgIpc) is 2.61. The summed E-state index contributed by atoms with van der Waals surface area (Å²) in [5.41, 5.74) is 2.31. The summed E-state index contributed by atoms with van der Waals surface area (Å²) in [6.07, 6.45) is 2.50. The number of carbonyl (C=O) groups is 2. The third-order valence-electron chi connectivity index (χ3n) is 4.49. The van der Waals surface area contributed by atoms with Crippen molar-refractivity contribution in [3.8, 4) is 0 Å². The van der Waals surface area contributed by atoms with E-state index in [0.29, 0.717) is 12.0 Å². The number of hydrogen-bond donors (Lipinski definition) is 1. The molecule has 1 aromatic carbocycles. The normalized spacial score (nSPS) is 16.1. The highest BCUT2D eigenvalue weighted by Gasteiger charge is 2.22. The smallest absolute Gasteiger partial charge is 0.266 e. The monoisotopic (exact) mass is 339 g/mol. The van der Waals surface area contributed by atoms with Crippen LogP contribution in [-0.4, -0.2) is 27.5 Å². The lowest BCUT2D eigenvalue weighted by Gasteiger charge is -2.24. The van der Waals surface area contributed by atoms with E-state index >= 15 is 0 Å². The lowest BCUT2D eigenvalue weighted by Crippen LogP contribution is -2.40. The molecule has 1 N–H and O–H groups in total. The Kier molecular flexibility index (Phi) is 5.07. The van der Waals surface area contributed by atoms with Crippen LogP contribution in [0.3, 0.4) is 0 Å². The SMILES string of the molecule is Cn1nc2c(cc1=O)CC(NC(=O)CCC(=O)c1ccccc1)CC2. The summed E-state index contributed by atoms with van der Waals surface area (Å²) in [6, 6.07) is 10.6. The number of hydrogen-bond acceptors (Lipinski definition) is 4. The summed E-state index contributed by atoms with van der Waals surface area (Å²) >= 11 is 0. The van der Waals surface area contributed by atoms with Gasteiger partial charge in [0.25, 0.3) is 5.56 Å². The molecule has 2 aromatic rings. The summed E-state index contributed by atoms with van der Waals surface area (Å²) in [7, 11) is 1.64. The number of nitrogens with zero attached hydrogens (tertiary/aromatic N) is 2. The molecule has 1 aliphatic carbocycles. The van der Waals surface area contributed by atoms with Gasteiger partial charge in [-0.3, -0.25) is 14.4 Å². The Labute approximate surface area is 145 Å². The third-order valence-corrected chi connectivity index (χ3v) is 4.49. The zero-order valence-electron chi connectivity index (χ0n) is 14.2. The van der Waals surface area contributed by atoms with Gasteiger partial charge in [0.2, 0.25) is 5.91 Å². The number of benzene rings is 1. The van der Waals surface area contributed by atoms with Crippen LogP contribution in [0.25, 0.3) is 0 Å². The van der Waals surface area contributed by atoms with E-state index in [1.54, 1.807) is 25.2 Å². The quantitative estimate of drug-likeness (QED) is 0.835. The van der Waals surface area contributed by atoms with E-state index in [1.165, 1.54) is 4.68 Å². The van der Waals surface area contributed by atoms with Gasteiger partial charge in [0.05, 0.1) is 5.69 Å². The van der Waals surface area contributed by atoms with Gasteiger partial charge in [-0.25, -0.2) is 4.68 Å². The van der Waals surface area contributed by atoms with Crippen molar-refractivity contribution in [3.05, 3.63) is 63.6 Å². The van der Waals surface area contributed by atoms with Crippen LogP contribution in [0.5, 0.6) is 0 Å². The molecule has 1 aliphatic rings. The standard InChI is InChI=1S/C19H21N3O3/c1-22-19(25)12-14-11-15(7-8-16(14)21-22)20-18(24)10-9-17(23)13-5-3-2-4-6-13/h2-6,12,15H,7-11H2,1H3,(H,20,24). The number of Topliss-reactive ketones (excluding diaryl/α,β-unsaturated/α-hetero) is 1. The molecule has 0 fully saturated rings. The maximum atomic E-state index is 12.1. The lowest BCUT2D eigenvalue weighted by atomic mass is 9.92. The topological polar surface area (TPSA) is 81.1 Å². The molecule has 0 saturated carbocycles. The van der Waals surface area contributed by atoms with E-state index in [0.717, 1.165) is 24.1 Å². The van der Waals surface area contributed by atoms with Crippen LogP contribution < -0.4 is 10.9 Å². The number of fused-ring (bicyclic) bond motifs is 1. The Morgan fingerprint density at radius 3 is 2.76 bits per heavy atom. The third kappa shape index (κ3) is 4.21. The highest BCUT2D eigenvalue weighted by Crippen LogP contribution is 2.18. The van der Waals surface area contributed by atoms with Crippen molar-refractivity contribution in [2.75, 3.05) is 0 Å². The minimum Gasteiger partial charge on any atom is -0.353 e. The molecule has 0 saturated heterocycles. The maximum absolute atomic E-state index is 12.1. The summed E-state index contributed by atoms with van der Waals surface area (Å²) in [5.74, 6) is -0.160. The zero-order chi connectivity index (χ0) is 17.8. The van der Waals surface area contributed by atoms with Crippen molar-refractivity contribution < 1.29 is 9.59 Å². The van der Waals surface area contributed by atoms with Crippen LogP contribution in [0.4, 0.5) is 0 Å². The second-order valence-corrected chi connectivity index (χ2v) is 6.37. The van der Waals surface area contributed by atoms with Gasteiger partial charge in [-0.1, -0.05) is 30.3 Å². The van der Waals surface area contributed by atoms with Gasteiger partial charge >= 0.3 is 0 Å². The number of aromatic nitrogens is 2. The van der Waals surface area contributed by atoms with E-state index in [4.69, 9.17) is 0 Å². The minimum absolute atomic E-state index is 0.0132. The molecule has 0 aliphatic heterocycles. The zero-order valence-corrected chi connectivity index (χ0v) is 14.2. The minimum atomic E-state index is -0.140. The number of amides is 1. The molecule has 1 aromatic heterocycles. The van der Waals surface area contributed by atoms with Crippen LogP contribution in [0.1, 0.15) is 40.9 Å². The van der Waals surface area contributed by atoms with Crippen LogP contribution in [0.2, 0.25) is 0 Å². The van der Waals surface area contributed by atoms with E-state index in [-0.39, 0.29) is 36.1 Å². The van der Waals surface area contributed by atoms with Crippen molar-refractivity contribution >= 4 is 11.7 Å². The van der Waals surface area contributed by atoms with E-state index in [1.807, 2.05) is 18.2 Å². The number of nitrogens with one attached hydrogen (secondary N) is 1. The predicted molar refractivity (Wildman–Crippen MR) is 93.4 cm³/mol. The first-order valence-corrected chi connectivity index (χ1v) is 8.46. The molecule has 130 valence electrons. The first-order valence-electron chi connectivity index (χ1n) is 8.46. The molecule has 1 unspecified atom stereocenters.